The van der Waals surface area contributed by atoms with E-state index in [1.807, 2.05) is 24.3 Å². The number of piperidine rings is 1. The van der Waals surface area contributed by atoms with Gasteiger partial charge in [-0.2, -0.15) is 4.98 Å². The van der Waals surface area contributed by atoms with Crippen molar-refractivity contribution in [3.05, 3.63) is 30.2 Å². The Morgan fingerprint density at radius 1 is 1.40 bits per heavy atom. The molecular weight excluding hydrogens is 254 g/mol. The van der Waals surface area contributed by atoms with Gasteiger partial charge in [-0.1, -0.05) is 17.3 Å². The quantitative estimate of drug-likeness (QED) is 0.931. The van der Waals surface area contributed by atoms with E-state index in [4.69, 9.17) is 9.26 Å². The molecule has 1 N–H and O–H groups in total. The molecule has 0 amide bonds. The van der Waals surface area contributed by atoms with E-state index in [1.54, 1.807) is 7.11 Å². The van der Waals surface area contributed by atoms with E-state index in [0.29, 0.717) is 17.8 Å². The second kappa shape index (κ2) is 5.63. The number of hydrogen-bond donors (Lipinski definition) is 1. The van der Waals surface area contributed by atoms with Crippen LogP contribution in [0.15, 0.2) is 28.8 Å². The molecule has 2 aromatic rings. The van der Waals surface area contributed by atoms with Crippen LogP contribution < -0.4 is 10.1 Å². The molecule has 0 saturated carbocycles. The first kappa shape index (κ1) is 13.1. The van der Waals surface area contributed by atoms with Gasteiger partial charge in [-0.15, -0.1) is 0 Å². The number of nitrogens with one attached hydrogen (secondary N) is 1. The summed E-state index contributed by atoms with van der Waals surface area (Å²) in [5.74, 6) is 2.53. The van der Waals surface area contributed by atoms with Gasteiger partial charge in [-0.05, 0) is 38.4 Å². The number of aromatic nitrogens is 2. The van der Waals surface area contributed by atoms with E-state index in [1.165, 1.54) is 0 Å². The molecule has 1 aliphatic heterocycles. The first-order valence-electron chi connectivity index (χ1n) is 6.97. The molecule has 0 radical (unpaired) electrons. The summed E-state index contributed by atoms with van der Waals surface area (Å²) in [6.07, 6.45) is 2.09. The van der Waals surface area contributed by atoms with Crippen molar-refractivity contribution in [1.29, 1.82) is 0 Å². The van der Waals surface area contributed by atoms with Crippen LogP contribution >= 0.6 is 0 Å². The Labute approximate surface area is 118 Å². The summed E-state index contributed by atoms with van der Waals surface area (Å²) >= 11 is 0. The Morgan fingerprint density at radius 3 is 3.10 bits per heavy atom. The molecule has 0 spiro atoms. The number of rotatable bonds is 3. The molecule has 0 bridgehead atoms. The van der Waals surface area contributed by atoms with Gasteiger partial charge in [0.25, 0.3) is 0 Å². The van der Waals surface area contributed by atoms with Gasteiger partial charge in [0.2, 0.25) is 11.7 Å². The van der Waals surface area contributed by atoms with Gasteiger partial charge in [0.15, 0.2) is 0 Å². The van der Waals surface area contributed by atoms with Crippen LogP contribution in [-0.4, -0.2) is 29.8 Å². The average molecular weight is 273 g/mol. The molecule has 1 aliphatic rings. The van der Waals surface area contributed by atoms with Gasteiger partial charge in [-0.3, -0.25) is 0 Å². The molecule has 0 unspecified atom stereocenters. The zero-order valence-corrected chi connectivity index (χ0v) is 11.8. The van der Waals surface area contributed by atoms with Crippen LogP contribution in [-0.2, 0) is 0 Å². The van der Waals surface area contributed by atoms with E-state index in [9.17, 15) is 0 Å². The van der Waals surface area contributed by atoms with E-state index in [0.717, 1.165) is 36.6 Å². The first-order chi connectivity index (χ1) is 9.76. The molecule has 2 heterocycles. The fraction of sp³-hybridized carbons (Fsp3) is 0.467. The van der Waals surface area contributed by atoms with E-state index < -0.39 is 0 Å². The summed E-state index contributed by atoms with van der Waals surface area (Å²) in [6.45, 7) is 3.19. The third kappa shape index (κ3) is 2.67. The van der Waals surface area contributed by atoms with Crippen molar-refractivity contribution < 1.29 is 9.26 Å². The van der Waals surface area contributed by atoms with Crippen molar-refractivity contribution in [1.82, 2.24) is 15.5 Å². The number of benzene rings is 1. The van der Waals surface area contributed by atoms with Crippen molar-refractivity contribution in [2.75, 3.05) is 13.7 Å². The topological polar surface area (TPSA) is 60.2 Å². The van der Waals surface area contributed by atoms with Gasteiger partial charge < -0.3 is 14.6 Å². The molecule has 1 fully saturated rings. The maximum absolute atomic E-state index is 5.45. The lowest BCUT2D eigenvalue weighted by Crippen LogP contribution is -2.34. The average Bonchev–Trinajstić information content (AvgIpc) is 2.97. The van der Waals surface area contributed by atoms with Gasteiger partial charge in [0.1, 0.15) is 5.75 Å². The monoisotopic (exact) mass is 273 g/mol. The molecule has 106 valence electrons. The van der Waals surface area contributed by atoms with Gasteiger partial charge in [-0.25, -0.2) is 0 Å². The fourth-order valence-electron chi connectivity index (χ4n) is 2.64. The molecule has 1 aromatic carbocycles. The minimum Gasteiger partial charge on any atom is -0.497 e. The highest BCUT2D eigenvalue weighted by Gasteiger charge is 2.25. The smallest absolute Gasteiger partial charge is 0.230 e. The fourth-order valence-corrected chi connectivity index (χ4v) is 2.64. The van der Waals surface area contributed by atoms with Crippen molar-refractivity contribution in [2.45, 2.75) is 31.7 Å². The molecule has 0 aliphatic carbocycles. The Morgan fingerprint density at radius 2 is 2.30 bits per heavy atom. The summed E-state index contributed by atoms with van der Waals surface area (Å²) in [5, 5.41) is 7.53. The number of hydrogen-bond acceptors (Lipinski definition) is 5. The van der Waals surface area contributed by atoms with Crippen molar-refractivity contribution in [3.63, 3.8) is 0 Å². The SMILES string of the molecule is COc1cccc(-c2noc([C@H]3CCN[C@@H](C)C3)n2)c1. The lowest BCUT2D eigenvalue weighted by Gasteiger charge is -2.25. The second-order valence-electron chi connectivity index (χ2n) is 5.26. The molecule has 5 nitrogen and oxygen atoms in total. The Balaban J connectivity index is 1.82. The molecule has 2 atom stereocenters. The van der Waals surface area contributed by atoms with Crippen LogP contribution in [0.4, 0.5) is 0 Å². The van der Waals surface area contributed by atoms with Crippen molar-refractivity contribution in [3.8, 4) is 17.1 Å². The lowest BCUT2D eigenvalue weighted by molar-refractivity contribution is 0.295. The summed E-state index contributed by atoms with van der Waals surface area (Å²) < 4.78 is 10.7. The van der Waals surface area contributed by atoms with Gasteiger partial charge >= 0.3 is 0 Å². The molecule has 5 heteroatoms. The summed E-state index contributed by atoms with van der Waals surface area (Å²) in [6, 6.07) is 8.21. The molecule has 3 rings (SSSR count). The highest BCUT2D eigenvalue weighted by molar-refractivity contribution is 5.56. The van der Waals surface area contributed by atoms with E-state index in [2.05, 4.69) is 22.4 Å². The lowest BCUT2D eigenvalue weighted by atomic mass is 9.93. The van der Waals surface area contributed by atoms with E-state index >= 15 is 0 Å². The van der Waals surface area contributed by atoms with Crippen LogP contribution in [0.2, 0.25) is 0 Å². The molecule has 1 saturated heterocycles. The van der Waals surface area contributed by atoms with Crippen molar-refractivity contribution in [2.24, 2.45) is 0 Å². The van der Waals surface area contributed by atoms with Gasteiger partial charge in [0.05, 0.1) is 7.11 Å². The predicted molar refractivity (Wildman–Crippen MR) is 75.7 cm³/mol. The normalized spacial score (nSPS) is 22.7. The summed E-state index contributed by atoms with van der Waals surface area (Å²) in [7, 11) is 1.65. The number of nitrogens with zero attached hydrogens (tertiary/aromatic N) is 2. The maximum atomic E-state index is 5.45. The second-order valence-corrected chi connectivity index (χ2v) is 5.26. The third-order valence-corrected chi connectivity index (χ3v) is 3.74. The minimum absolute atomic E-state index is 0.359. The Bertz CT molecular complexity index is 582. The van der Waals surface area contributed by atoms with Crippen LogP contribution in [0.25, 0.3) is 11.4 Å². The third-order valence-electron chi connectivity index (χ3n) is 3.74. The molecule has 1 aromatic heterocycles. The minimum atomic E-state index is 0.359. The Kier molecular flexibility index (Phi) is 3.69. The largest absolute Gasteiger partial charge is 0.497 e. The van der Waals surface area contributed by atoms with Crippen LogP contribution in [0.3, 0.4) is 0 Å². The van der Waals surface area contributed by atoms with Crippen LogP contribution in [0.1, 0.15) is 31.6 Å². The van der Waals surface area contributed by atoms with Crippen LogP contribution in [0.5, 0.6) is 5.75 Å². The number of methoxy groups -OCH3 is 1. The molecule has 20 heavy (non-hydrogen) atoms. The first-order valence-corrected chi connectivity index (χ1v) is 6.97. The highest BCUT2D eigenvalue weighted by Crippen LogP contribution is 2.28. The Hall–Kier alpha value is -1.88. The highest BCUT2D eigenvalue weighted by atomic mass is 16.5. The predicted octanol–water partition coefficient (Wildman–Crippen LogP) is 2.60. The van der Waals surface area contributed by atoms with Gasteiger partial charge in [0, 0.05) is 17.5 Å². The zero-order chi connectivity index (χ0) is 13.9. The van der Waals surface area contributed by atoms with E-state index in [-0.39, 0.29) is 0 Å². The van der Waals surface area contributed by atoms with Crippen molar-refractivity contribution >= 4 is 0 Å². The standard InChI is InChI=1S/C15H19N3O2/c1-10-8-12(6-7-16-10)15-17-14(18-20-15)11-4-3-5-13(9-11)19-2/h3-5,9-10,12,16H,6-8H2,1-2H3/t10-,12-/m0/s1. The summed E-state index contributed by atoms with van der Waals surface area (Å²) in [4.78, 5) is 4.55. The molecular formula is C15H19N3O2. The maximum Gasteiger partial charge on any atom is 0.230 e. The summed E-state index contributed by atoms with van der Waals surface area (Å²) in [5.41, 5.74) is 0.918. The number of ether oxygens (including phenoxy) is 1. The van der Waals surface area contributed by atoms with Crippen LogP contribution in [0, 0.1) is 0 Å². The zero-order valence-electron chi connectivity index (χ0n) is 11.8.